The average molecular weight is 341 g/mol. The molecule has 1 aliphatic heterocycles. The van der Waals surface area contributed by atoms with Crippen LogP contribution < -0.4 is 20.1 Å². The van der Waals surface area contributed by atoms with E-state index in [2.05, 4.69) is 10.6 Å². The number of amides is 2. The molecule has 1 aromatic rings. The van der Waals surface area contributed by atoms with Gasteiger partial charge in [-0.2, -0.15) is 0 Å². The van der Waals surface area contributed by atoms with Crippen LogP contribution in [-0.4, -0.2) is 33.3 Å². The van der Waals surface area contributed by atoms with Crippen LogP contribution in [0.15, 0.2) is 23.4 Å². The lowest BCUT2D eigenvalue weighted by atomic mass is 9.95. The van der Waals surface area contributed by atoms with Gasteiger partial charge in [-0.25, -0.2) is 9.59 Å². The Bertz CT molecular complexity index is 687. The van der Waals surface area contributed by atoms with Crippen LogP contribution in [0.25, 0.3) is 0 Å². The van der Waals surface area contributed by atoms with E-state index in [0.717, 1.165) is 0 Å². The Morgan fingerprint density at radius 2 is 1.78 bits per heavy atom. The van der Waals surface area contributed by atoms with Crippen molar-refractivity contribution < 1.29 is 23.8 Å². The molecule has 1 atom stereocenters. The molecule has 0 aliphatic carbocycles. The number of carbonyl (C=O) groups excluding carboxylic acids is 2. The Hall–Kier alpha value is -2.41. The van der Waals surface area contributed by atoms with Crippen molar-refractivity contribution in [3.63, 3.8) is 0 Å². The fourth-order valence-electron chi connectivity index (χ4n) is 2.40. The van der Waals surface area contributed by atoms with Gasteiger partial charge in [0.1, 0.15) is 0 Å². The highest BCUT2D eigenvalue weighted by Crippen LogP contribution is 2.39. The van der Waals surface area contributed by atoms with Crippen molar-refractivity contribution in [3.8, 4) is 11.5 Å². The third kappa shape index (κ3) is 3.19. The summed E-state index contributed by atoms with van der Waals surface area (Å²) in [6.07, 6.45) is 0. The van der Waals surface area contributed by atoms with Crippen LogP contribution in [0, 0.1) is 0 Å². The number of urea groups is 1. The van der Waals surface area contributed by atoms with Crippen LogP contribution in [0.4, 0.5) is 4.79 Å². The van der Waals surface area contributed by atoms with Gasteiger partial charge in [0, 0.05) is 17.3 Å². The maximum absolute atomic E-state index is 12.1. The fourth-order valence-corrected chi connectivity index (χ4v) is 2.66. The van der Waals surface area contributed by atoms with Crippen molar-refractivity contribution in [1.29, 1.82) is 0 Å². The number of esters is 1. The van der Waals surface area contributed by atoms with Gasteiger partial charge < -0.3 is 24.8 Å². The third-order valence-corrected chi connectivity index (χ3v) is 3.82. The topological polar surface area (TPSA) is 85.9 Å². The number of nitrogens with one attached hydrogen (secondary N) is 2. The van der Waals surface area contributed by atoms with Crippen molar-refractivity contribution in [1.82, 2.24) is 10.6 Å². The SMILES string of the molecule is COC(=O)C1=C(C)NC(=O)NC1c1cc(OC)c(OC)cc1Cl. The summed E-state index contributed by atoms with van der Waals surface area (Å²) < 4.78 is 15.2. The number of halogens is 1. The molecule has 2 amide bonds. The van der Waals surface area contributed by atoms with Gasteiger partial charge in [0.05, 0.1) is 38.0 Å². The Kier molecular flexibility index (Phi) is 5.00. The van der Waals surface area contributed by atoms with Crippen LogP contribution in [0.2, 0.25) is 5.02 Å². The highest BCUT2D eigenvalue weighted by Gasteiger charge is 2.33. The van der Waals surface area contributed by atoms with Gasteiger partial charge in [-0.1, -0.05) is 11.6 Å². The number of allylic oxidation sites excluding steroid dienone is 1. The number of methoxy groups -OCH3 is 3. The molecule has 0 fully saturated rings. The minimum Gasteiger partial charge on any atom is -0.493 e. The van der Waals surface area contributed by atoms with E-state index < -0.39 is 18.0 Å². The highest BCUT2D eigenvalue weighted by atomic mass is 35.5. The molecule has 0 spiro atoms. The van der Waals surface area contributed by atoms with Gasteiger partial charge >= 0.3 is 12.0 Å². The number of benzene rings is 1. The van der Waals surface area contributed by atoms with Gasteiger partial charge in [-0.3, -0.25) is 0 Å². The lowest BCUT2D eigenvalue weighted by molar-refractivity contribution is -0.136. The van der Waals surface area contributed by atoms with Gasteiger partial charge in [0.25, 0.3) is 0 Å². The average Bonchev–Trinajstić information content (AvgIpc) is 2.53. The molecule has 1 unspecified atom stereocenters. The molecule has 1 heterocycles. The van der Waals surface area contributed by atoms with Gasteiger partial charge in [0.2, 0.25) is 0 Å². The molecule has 7 nitrogen and oxygen atoms in total. The van der Waals surface area contributed by atoms with E-state index >= 15 is 0 Å². The van der Waals surface area contributed by atoms with Crippen LogP contribution in [0.5, 0.6) is 11.5 Å². The van der Waals surface area contributed by atoms with Crippen molar-refractivity contribution in [2.45, 2.75) is 13.0 Å². The van der Waals surface area contributed by atoms with E-state index in [-0.39, 0.29) is 5.57 Å². The van der Waals surface area contributed by atoms with Gasteiger partial charge in [-0.05, 0) is 13.0 Å². The molecular weight excluding hydrogens is 324 g/mol. The largest absolute Gasteiger partial charge is 0.493 e. The predicted octanol–water partition coefficient (Wildman–Crippen LogP) is 2.16. The van der Waals surface area contributed by atoms with Crippen LogP contribution in [-0.2, 0) is 9.53 Å². The summed E-state index contributed by atoms with van der Waals surface area (Å²) in [6, 6.07) is 1.98. The first kappa shape index (κ1) is 17.0. The van der Waals surface area contributed by atoms with Gasteiger partial charge in [-0.15, -0.1) is 0 Å². The fraction of sp³-hybridized carbons (Fsp3) is 0.333. The molecule has 1 aromatic carbocycles. The number of rotatable bonds is 4. The molecule has 0 radical (unpaired) electrons. The van der Waals surface area contributed by atoms with Crippen LogP contribution >= 0.6 is 11.6 Å². The summed E-state index contributed by atoms with van der Waals surface area (Å²) in [7, 11) is 4.25. The highest BCUT2D eigenvalue weighted by molar-refractivity contribution is 6.31. The van der Waals surface area contributed by atoms with E-state index in [1.54, 1.807) is 19.1 Å². The molecule has 0 saturated carbocycles. The minimum absolute atomic E-state index is 0.265. The van der Waals surface area contributed by atoms with Crippen molar-refractivity contribution in [2.24, 2.45) is 0 Å². The molecule has 2 rings (SSSR count). The second-order valence-corrected chi connectivity index (χ2v) is 5.20. The second kappa shape index (κ2) is 6.78. The first-order valence-electron chi connectivity index (χ1n) is 6.71. The van der Waals surface area contributed by atoms with Crippen molar-refractivity contribution >= 4 is 23.6 Å². The number of ether oxygens (including phenoxy) is 3. The van der Waals surface area contributed by atoms with E-state index in [1.807, 2.05) is 0 Å². The summed E-state index contributed by atoms with van der Waals surface area (Å²) in [5, 5.41) is 5.54. The Labute approximate surface area is 138 Å². The molecule has 23 heavy (non-hydrogen) atoms. The first-order valence-corrected chi connectivity index (χ1v) is 7.08. The quantitative estimate of drug-likeness (QED) is 0.820. The number of carbonyl (C=O) groups is 2. The number of hydrogen-bond acceptors (Lipinski definition) is 5. The zero-order valence-corrected chi connectivity index (χ0v) is 13.9. The molecule has 8 heteroatoms. The molecule has 1 aliphatic rings. The zero-order valence-electron chi connectivity index (χ0n) is 13.2. The smallest absolute Gasteiger partial charge is 0.337 e. The maximum atomic E-state index is 12.1. The standard InChI is InChI=1S/C15H17ClN2O5/c1-7-12(14(19)23-4)13(18-15(20)17-7)8-5-10(21-2)11(22-3)6-9(8)16/h5-6,13H,1-4H3,(H2,17,18,20). The second-order valence-electron chi connectivity index (χ2n) is 4.79. The molecule has 124 valence electrons. The van der Waals surface area contributed by atoms with E-state index in [4.69, 9.17) is 25.8 Å². The summed E-state index contributed by atoms with van der Waals surface area (Å²) >= 11 is 6.30. The van der Waals surface area contributed by atoms with Crippen molar-refractivity contribution in [3.05, 3.63) is 34.0 Å². The first-order chi connectivity index (χ1) is 10.9. The lowest BCUT2D eigenvalue weighted by Gasteiger charge is -2.28. The summed E-state index contributed by atoms with van der Waals surface area (Å²) in [6.45, 7) is 1.62. The Balaban J connectivity index is 2.60. The summed E-state index contributed by atoms with van der Waals surface area (Å²) in [5.41, 5.74) is 1.16. The third-order valence-electron chi connectivity index (χ3n) is 3.49. The van der Waals surface area contributed by atoms with E-state index in [9.17, 15) is 9.59 Å². The Morgan fingerprint density at radius 3 is 2.35 bits per heavy atom. The molecular formula is C15H17ClN2O5. The summed E-state index contributed by atoms with van der Waals surface area (Å²) in [5.74, 6) is 0.314. The molecule has 0 bridgehead atoms. The van der Waals surface area contributed by atoms with Crippen LogP contribution in [0.1, 0.15) is 18.5 Å². The van der Waals surface area contributed by atoms with E-state index in [0.29, 0.717) is 27.8 Å². The normalized spacial score (nSPS) is 17.3. The van der Waals surface area contributed by atoms with Gasteiger partial charge in [0.15, 0.2) is 11.5 Å². The summed E-state index contributed by atoms with van der Waals surface area (Å²) in [4.78, 5) is 23.9. The maximum Gasteiger partial charge on any atom is 0.337 e. The minimum atomic E-state index is -0.761. The van der Waals surface area contributed by atoms with E-state index in [1.165, 1.54) is 21.3 Å². The molecule has 0 aromatic heterocycles. The monoisotopic (exact) mass is 340 g/mol. The van der Waals surface area contributed by atoms with Crippen molar-refractivity contribution in [2.75, 3.05) is 21.3 Å². The van der Waals surface area contributed by atoms with Crippen LogP contribution in [0.3, 0.4) is 0 Å². The molecule has 2 N–H and O–H groups in total. The number of hydrogen-bond donors (Lipinski definition) is 2. The Morgan fingerprint density at radius 1 is 1.17 bits per heavy atom. The lowest BCUT2D eigenvalue weighted by Crippen LogP contribution is -2.45. The molecule has 0 saturated heterocycles. The predicted molar refractivity (Wildman–Crippen MR) is 83.7 cm³/mol. The zero-order chi connectivity index (χ0) is 17.1.